The van der Waals surface area contributed by atoms with Crippen molar-refractivity contribution >= 4 is 49.7 Å². The SMILES string of the molecule is CC(O)C(=O)N1CCN(C(=O)[C@@H]2CC[C@@H](Cc3ncc4c(Br)nn(-c5ccc6ncccc6c5)c4n3)C2)CC1. The summed E-state index contributed by atoms with van der Waals surface area (Å²) in [5.74, 6) is 0.975. The first-order valence-corrected chi connectivity index (χ1v) is 14.2. The lowest BCUT2D eigenvalue weighted by Gasteiger charge is -2.36. The van der Waals surface area contributed by atoms with Crippen molar-refractivity contribution in [2.24, 2.45) is 11.8 Å². The van der Waals surface area contributed by atoms with Crippen molar-refractivity contribution in [3.05, 3.63) is 53.2 Å². The number of halogens is 1. The largest absolute Gasteiger partial charge is 0.384 e. The van der Waals surface area contributed by atoms with Crippen molar-refractivity contribution in [1.29, 1.82) is 0 Å². The number of piperazine rings is 1. The van der Waals surface area contributed by atoms with Crippen LogP contribution in [0.2, 0.25) is 0 Å². The van der Waals surface area contributed by atoms with E-state index in [-0.39, 0.29) is 17.7 Å². The lowest BCUT2D eigenvalue weighted by atomic mass is 10.00. The topological polar surface area (TPSA) is 117 Å². The molecule has 39 heavy (non-hydrogen) atoms. The first-order valence-electron chi connectivity index (χ1n) is 13.4. The average Bonchev–Trinajstić information content (AvgIpc) is 3.56. The van der Waals surface area contributed by atoms with Crippen molar-refractivity contribution in [2.75, 3.05) is 26.2 Å². The second kappa shape index (κ2) is 10.6. The van der Waals surface area contributed by atoms with Crippen LogP contribution >= 0.6 is 15.9 Å². The van der Waals surface area contributed by atoms with E-state index in [0.717, 1.165) is 52.7 Å². The third kappa shape index (κ3) is 5.12. The zero-order valence-corrected chi connectivity index (χ0v) is 23.3. The van der Waals surface area contributed by atoms with Crippen LogP contribution in [0.25, 0.3) is 27.6 Å². The second-order valence-electron chi connectivity index (χ2n) is 10.5. The Hall–Kier alpha value is -3.44. The first kappa shape index (κ1) is 25.8. The summed E-state index contributed by atoms with van der Waals surface area (Å²) < 4.78 is 2.53. The van der Waals surface area contributed by atoms with Gasteiger partial charge in [0, 0.05) is 56.3 Å². The Morgan fingerprint density at radius 1 is 1.10 bits per heavy atom. The van der Waals surface area contributed by atoms with Crippen molar-refractivity contribution in [1.82, 2.24) is 34.5 Å². The Kier molecular flexibility index (Phi) is 7.03. The van der Waals surface area contributed by atoms with Crippen LogP contribution in [0.5, 0.6) is 0 Å². The van der Waals surface area contributed by atoms with Gasteiger partial charge in [-0.2, -0.15) is 5.10 Å². The molecule has 1 N–H and O–H groups in total. The van der Waals surface area contributed by atoms with E-state index in [1.807, 2.05) is 40.0 Å². The normalized spacial score (nSPS) is 20.6. The van der Waals surface area contributed by atoms with E-state index < -0.39 is 6.10 Å². The molecule has 2 amide bonds. The molecule has 1 saturated carbocycles. The minimum Gasteiger partial charge on any atom is -0.384 e. The summed E-state index contributed by atoms with van der Waals surface area (Å²) in [4.78, 5) is 42.7. The molecule has 1 aliphatic carbocycles. The van der Waals surface area contributed by atoms with Gasteiger partial charge >= 0.3 is 0 Å². The number of aliphatic hydroxyl groups excluding tert-OH is 1. The molecule has 1 aromatic carbocycles. The van der Waals surface area contributed by atoms with Gasteiger partial charge in [-0.15, -0.1) is 0 Å². The fourth-order valence-electron chi connectivity index (χ4n) is 5.79. The Morgan fingerprint density at radius 3 is 2.69 bits per heavy atom. The maximum Gasteiger partial charge on any atom is 0.251 e. The number of fused-ring (bicyclic) bond motifs is 2. The van der Waals surface area contributed by atoms with Gasteiger partial charge in [0.25, 0.3) is 5.91 Å². The Labute approximate surface area is 234 Å². The van der Waals surface area contributed by atoms with Crippen molar-refractivity contribution < 1.29 is 14.7 Å². The molecule has 0 bridgehead atoms. The number of amides is 2. The van der Waals surface area contributed by atoms with E-state index in [9.17, 15) is 14.7 Å². The number of carbonyl (C=O) groups is 2. The summed E-state index contributed by atoms with van der Waals surface area (Å²) in [7, 11) is 0. The number of carbonyl (C=O) groups excluding carboxylic acids is 2. The molecule has 1 aliphatic heterocycles. The molecule has 2 aliphatic rings. The molecular formula is C28H30BrN7O3. The van der Waals surface area contributed by atoms with E-state index in [1.54, 1.807) is 11.1 Å². The van der Waals surface area contributed by atoms with E-state index in [2.05, 4.69) is 37.1 Å². The monoisotopic (exact) mass is 591 g/mol. The summed E-state index contributed by atoms with van der Waals surface area (Å²) in [5, 5.41) is 16.1. The van der Waals surface area contributed by atoms with E-state index >= 15 is 0 Å². The highest BCUT2D eigenvalue weighted by molar-refractivity contribution is 9.10. The number of benzene rings is 1. The zero-order valence-electron chi connectivity index (χ0n) is 21.7. The van der Waals surface area contributed by atoms with Crippen LogP contribution in [0.4, 0.5) is 0 Å². The highest BCUT2D eigenvalue weighted by Crippen LogP contribution is 2.35. The third-order valence-electron chi connectivity index (χ3n) is 7.88. The van der Waals surface area contributed by atoms with Crippen LogP contribution in [0.3, 0.4) is 0 Å². The summed E-state index contributed by atoms with van der Waals surface area (Å²) in [6, 6.07) is 9.97. The summed E-state index contributed by atoms with van der Waals surface area (Å²) in [6.07, 6.45) is 5.93. The molecule has 11 heteroatoms. The van der Waals surface area contributed by atoms with E-state index in [0.29, 0.717) is 43.1 Å². The van der Waals surface area contributed by atoms with Crippen LogP contribution in [0.1, 0.15) is 32.0 Å². The van der Waals surface area contributed by atoms with Gasteiger partial charge in [0.15, 0.2) is 5.65 Å². The number of rotatable bonds is 5. The summed E-state index contributed by atoms with van der Waals surface area (Å²) in [6.45, 7) is 3.45. The summed E-state index contributed by atoms with van der Waals surface area (Å²) >= 11 is 3.56. The minimum absolute atomic E-state index is 0.0105. The van der Waals surface area contributed by atoms with Crippen LogP contribution in [-0.2, 0) is 16.0 Å². The van der Waals surface area contributed by atoms with Gasteiger partial charge in [-0.05, 0) is 72.3 Å². The van der Waals surface area contributed by atoms with Crippen LogP contribution < -0.4 is 0 Å². The highest BCUT2D eigenvalue weighted by atomic mass is 79.9. The molecule has 0 radical (unpaired) electrons. The van der Waals surface area contributed by atoms with Crippen molar-refractivity contribution in [3.8, 4) is 5.69 Å². The van der Waals surface area contributed by atoms with Crippen molar-refractivity contribution in [2.45, 2.75) is 38.7 Å². The molecule has 1 saturated heterocycles. The number of nitrogens with zero attached hydrogens (tertiary/aromatic N) is 7. The molecular weight excluding hydrogens is 562 g/mol. The standard InChI is InChI=1S/C28H30BrN7O3/c1-17(37)27(38)34-9-11-35(12-10-34)28(39)20-5-4-18(13-20)14-24-31-16-22-25(29)33-36(26(22)32-24)21-6-7-23-19(15-21)3-2-8-30-23/h2-3,6-8,15-18,20,37H,4-5,9-14H2,1H3/t17?,18-,20-/m1/s1. The average molecular weight is 592 g/mol. The molecule has 4 heterocycles. The van der Waals surface area contributed by atoms with Crippen molar-refractivity contribution in [3.63, 3.8) is 0 Å². The van der Waals surface area contributed by atoms with Gasteiger partial charge in [-0.25, -0.2) is 14.6 Å². The zero-order chi connectivity index (χ0) is 27.1. The number of aromatic nitrogens is 5. The maximum atomic E-state index is 13.2. The second-order valence-corrected chi connectivity index (χ2v) is 11.3. The van der Waals surface area contributed by atoms with Crippen LogP contribution in [-0.4, -0.2) is 83.7 Å². The quantitative estimate of drug-likeness (QED) is 0.379. The van der Waals surface area contributed by atoms with Crippen LogP contribution in [0.15, 0.2) is 47.3 Å². The fraction of sp³-hybridized carbons (Fsp3) is 0.429. The third-order valence-corrected chi connectivity index (χ3v) is 8.47. The van der Waals surface area contributed by atoms with Crippen LogP contribution in [0, 0.1) is 11.8 Å². The molecule has 4 aromatic rings. The van der Waals surface area contributed by atoms with Gasteiger partial charge < -0.3 is 14.9 Å². The van der Waals surface area contributed by atoms with Gasteiger partial charge in [-0.3, -0.25) is 14.6 Å². The van der Waals surface area contributed by atoms with Gasteiger partial charge in [0.2, 0.25) is 5.91 Å². The van der Waals surface area contributed by atoms with E-state index in [1.165, 1.54) is 6.92 Å². The lowest BCUT2D eigenvalue weighted by molar-refractivity contribution is -0.146. The highest BCUT2D eigenvalue weighted by Gasteiger charge is 2.35. The molecule has 3 aromatic heterocycles. The Balaban J connectivity index is 1.13. The van der Waals surface area contributed by atoms with Gasteiger partial charge in [-0.1, -0.05) is 6.07 Å². The molecule has 6 rings (SSSR count). The van der Waals surface area contributed by atoms with Gasteiger partial charge in [0.05, 0.1) is 16.6 Å². The predicted octanol–water partition coefficient (Wildman–Crippen LogP) is 3.14. The predicted molar refractivity (Wildman–Crippen MR) is 149 cm³/mol. The number of hydrogen-bond donors (Lipinski definition) is 1. The first-order chi connectivity index (χ1) is 18.9. The minimum atomic E-state index is -1.01. The summed E-state index contributed by atoms with van der Waals surface area (Å²) in [5.41, 5.74) is 2.57. The maximum absolute atomic E-state index is 13.2. The van der Waals surface area contributed by atoms with Gasteiger partial charge in [0.1, 0.15) is 16.5 Å². The Morgan fingerprint density at radius 2 is 1.90 bits per heavy atom. The smallest absolute Gasteiger partial charge is 0.251 e. The number of aliphatic hydroxyl groups is 1. The molecule has 10 nitrogen and oxygen atoms in total. The number of hydrogen-bond acceptors (Lipinski definition) is 7. The molecule has 2 fully saturated rings. The molecule has 3 atom stereocenters. The molecule has 0 spiro atoms. The lowest BCUT2D eigenvalue weighted by Crippen LogP contribution is -2.53. The molecule has 1 unspecified atom stereocenters. The van der Waals surface area contributed by atoms with E-state index in [4.69, 9.17) is 4.98 Å². The Bertz CT molecular complexity index is 1550. The number of pyridine rings is 1. The fourth-order valence-corrected chi connectivity index (χ4v) is 6.23. The molecule has 202 valence electrons.